The number of aliphatic carboxylic acids is 2. The van der Waals surface area contributed by atoms with Gasteiger partial charge in [-0.2, -0.15) is 8.42 Å². The Balaban J connectivity index is -0.00000968. The summed E-state index contributed by atoms with van der Waals surface area (Å²) < 4.78 is 32.6. The summed E-state index contributed by atoms with van der Waals surface area (Å²) in [6, 6.07) is 0. The number of carbonyl (C=O) groups excluding carboxylic acids is 2. The van der Waals surface area contributed by atoms with Gasteiger partial charge in [0.2, 0.25) is 0 Å². The Morgan fingerprint density at radius 3 is 1.06 bits per heavy atom. The van der Waals surface area contributed by atoms with Crippen LogP contribution in [0.1, 0.15) is 213 Å². The zero-order valence-corrected chi connectivity index (χ0v) is 32.1. The summed E-state index contributed by atoms with van der Waals surface area (Å²) in [4.78, 5) is 23.9. The fraction of sp³-hybridized carbons (Fsp3) is 0.946. The van der Waals surface area contributed by atoms with E-state index in [1.807, 2.05) is 0 Å². The first-order chi connectivity index (χ1) is 21.6. The number of hydrogen-bond acceptors (Lipinski definition) is 6. The van der Waals surface area contributed by atoms with E-state index in [4.69, 9.17) is 0 Å². The summed E-state index contributed by atoms with van der Waals surface area (Å²) in [5.41, 5.74) is 0. The van der Waals surface area contributed by atoms with Crippen LogP contribution in [0.25, 0.3) is 0 Å². The van der Waals surface area contributed by atoms with Crippen LogP contribution in [0, 0.1) is 5.92 Å². The molecule has 1 N–H and O–H groups in total. The zero-order chi connectivity index (χ0) is 33.7. The molecule has 0 aliphatic heterocycles. The molecule has 0 saturated heterocycles. The summed E-state index contributed by atoms with van der Waals surface area (Å²) in [6.45, 7) is 4.46. The SMILES string of the molecule is CCCCCCCCCCCCCCCCC(CC(=O)[O-])C(CCCCCCCCCCCCCCCC)(C(=O)[O-])S(=O)(=O)O.[Li+].[Li+]. The largest absolute Gasteiger partial charge is 1.00 e. The Kier molecular flexibility index (Phi) is 37.7. The second-order valence-corrected chi connectivity index (χ2v) is 15.3. The molecule has 0 fully saturated rings. The maximum Gasteiger partial charge on any atom is 1.00 e. The van der Waals surface area contributed by atoms with E-state index in [1.54, 1.807) is 0 Å². The van der Waals surface area contributed by atoms with Gasteiger partial charge in [0.1, 0.15) is 4.75 Å². The van der Waals surface area contributed by atoms with E-state index in [2.05, 4.69) is 13.8 Å². The molecule has 0 aliphatic carbocycles. The number of hydrogen-bond donors (Lipinski definition) is 1. The smallest absolute Gasteiger partial charge is 0.550 e. The van der Waals surface area contributed by atoms with Crippen LogP contribution < -0.4 is 47.9 Å². The molecule has 2 atom stereocenters. The van der Waals surface area contributed by atoms with Crippen LogP contribution in [0.5, 0.6) is 0 Å². The van der Waals surface area contributed by atoms with Crippen LogP contribution in [0.15, 0.2) is 0 Å². The van der Waals surface area contributed by atoms with E-state index < -0.39 is 39.1 Å². The van der Waals surface area contributed by atoms with Crippen molar-refractivity contribution in [2.24, 2.45) is 5.92 Å². The topological polar surface area (TPSA) is 135 Å². The molecule has 10 heteroatoms. The van der Waals surface area contributed by atoms with Crippen molar-refractivity contribution in [1.29, 1.82) is 0 Å². The van der Waals surface area contributed by atoms with Gasteiger partial charge in [0.15, 0.2) is 0 Å². The van der Waals surface area contributed by atoms with E-state index in [9.17, 15) is 32.8 Å². The second kappa shape index (κ2) is 34.5. The molecule has 0 aromatic rings. The Labute approximate surface area is 314 Å². The van der Waals surface area contributed by atoms with Gasteiger partial charge in [0, 0.05) is 5.97 Å². The molecule has 0 aromatic carbocycles. The summed E-state index contributed by atoms with van der Waals surface area (Å²) in [5.74, 6) is -4.71. The number of unbranched alkanes of at least 4 members (excludes halogenated alkanes) is 26. The minimum absolute atomic E-state index is 0. The Hall–Kier alpha value is 0.0448. The van der Waals surface area contributed by atoms with E-state index in [0.717, 1.165) is 51.4 Å². The average molecular weight is 673 g/mol. The molecule has 47 heavy (non-hydrogen) atoms. The molecule has 0 bridgehead atoms. The second-order valence-electron chi connectivity index (χ2n) is 13.7. The fourth-order valence-electron chi connectivity index (χ4n) is 6.79. The maximum absolute atomic E-state index is 12.6. The quantitative estimate of drug-likeness (QED) is 0.0622. The molecule has 0 spiro atoms. The first kappa shape index (κ1) is 51.4. The number of carbonyl (C=O) groups is 2. The third-order valence-electron chi connectivity index (χ3n) is 9.69. The van der Waals surface area contributed by atoms with Crippen LogP contribution in [-0.2, 0) is 19.7 Å². The molecule has 268 valence electrons. The standard InChI is InChI=1S/C37H72O7S.2Li/c1-3-5-7-9-11-13-15-17-19-21-23-25-27-29-31-34(33-35(38)39)37(36(40)41,45(42,43)44)32-30-28-26-24-22-20-18-16-14-12-10-8-6-4-2;;/h34H,3-33H2,1-2H3,(H,38,39)(H,40,41)(H,42,43,44);;/q;2*+1/p-2. The average Bonchev–Trinajstić information content (AvgIpc) is 2.98. The van der Waals surface area contributed by atoms with Crippen LogP contribution in [0.3, 0.4) is 0 Å². The molecule has 0 saturated carbocycles. The molecule has 7 nitrogen and oxygen atoms in total. The predicted octanol–water partition coefficient (Wildman–Crippen LogP) is 2.87. The van der Waals surface area contributed by atoms with Gasteiger partial charge in [-0.3, -0.25) is 4.55 Å². The van der Waals surface area contributed by atoms with Crippen molar-refractivity contribution in [2.75, 3.05) is 0 Å². The Morgan fingerprint density at radius 2 is 0.809 bits per heavy atom. The van der Waals surface area contributed by atoms with Gasteiger partial charge < -0.3 is 19.8 Å². The van der Waals surface area contributed by atoms with Crippen LogP contribution in [0.2, 0.25) is 0 Å². The summed E-state index contributed by atoms with van der Waals surface area (Å²) in [5, 5.41) is 23.9. The van der Waals surface area contributed by atoms with Crippen LogP contribution in [0.4, 0.5) is 0 Å². The van der Waals surface area contributed by atoms with Crippen molar-refractivity contribution >= 4 is 22.1 Å². The fourth-order valence-corrected chi connectivity index (χ4v) is 8.02. The predicted molar refractivity (Wildman–Crippen MR) is 182 cm³/mol. The van der Waals surface area contributed by atoms with E-state index >= 15 is 0 Å². The van der Waals surface area contributed by atoms with Gasteiger partial charge in [0.05, 0.1) is 5.97 Å². The van der Waals surface area contributed by atoms with Crippen molar-refractivity contribution in [3.05, 3.63) is 0 Å². The first-order valence-corrected chi connectivity index (χ1v) is 20.5. The third-order valence-corrected chi connectivity index (χ3v) is 11.3. The van der Waals surface area contributed by atoms with Crippen molar-refractivity contribution < 1.29 is 70.5 Å². The van der Waals surface area contributed by atoms with Gasteiger partial charge in [-0.1, -0.05) is 194 Å². The van der Waals surface area contributed by atoms with Crippen molar-refractivity contribution in [1.82, 2.24) is 0 Å². The molecule has 0 aliphatic rings. The Bertz CT molecular complexity index is 826. The van der Waals surface area contributed by atoms with Crippen molar-refractivity contribution in [3.63, 3.8) is 0 Å². The molecule has 0 rings (SSSR count). The van der Waals surface area contributed by atoms with Gasteiger partial charge >= 0.3 is 37.7 Å². The molecule has 0 amide bonds. The van der Waals surface area contributed by atoms with Gasteiger partial charge in [-0.25, -0.2) is 0 Å². The van der Waals surface area contributed by atoms with Gasteiger partial charge in [-0.15, -0.1) is 0 Å². The molecule has 2 unspecified atom stereocenters. The number of carboxylic acid groups (broad SMARTS) is 2. The Morgan fingerprint density at radius 1 is 0.532 bits per heavy atom. The third kappa shape index (κ3) is 26.5. The summed E-state index contributed by atoms with van der Waals surface area (Å²) in [6.07, 6.45) is 30.3. The number of rotatable bonds is 35. The van der Waals surface area contributed by atoms with Crippen LogP contribution in [-0.4, -0.2) is 29.7 Å². The minimum Gasteiger partial charge on any atom is -0.550 e. The molecular weight excluding hydrogens is 602 g/mol. The van der Waals surface area contributed by atoms with Crippen LogP contribution >= 0.6 is 0 Å². The van der Waals surface area contributed by atoms with E-state index in [0.29, 0.717) is 12.8 Å². The van der Waals surface area contributed by atoms with E-state index in [-0.39, 0.29) is 57.0 Å². The summed E-state index contributed by atoms with van der Waals surface area (Å²) >= 11 is 0. The zero-order valence-electron chi connectivity index (χ0n) is 31.3. The molecular formula is C37H70Li2O7S. The monoisotopic (exact) mass is 673 g/mol. The minimum atomic E-state index is -5.11. The normalized spacial score (nSPS) is 13.3. The van der Waals surface area contributed by atoms with E-state index in [1.165, 1.54) is 109 Å². The number of carboxylic acids is 2. The molecule has 0 radical (unpaired) electrons. The van der Waals surface area contributed by atoms with Crippen molar-refractivity contribution in [2.45, 2.75) is 218 Å². The molecule has 0 heterocycles. The van der Waals surface area contributed by atoms with Gasteiger partial charge in [-0.05, 0) is 25.2 Å². The maximum atomic E-state index is 12.6. The van der Waals surface area contributed by atoms with Crippen molar-refractivity contribution in [3.8, 4) is 0 Å². The van der Waals surface area contributed by atoms with Gasteiger partial charge in [0.25, 0.3) is 10.1 Å². The first-order valence-electron chi connectivity index (χ1n) is 19.0. The summed E-state index contributed by atoms with van der Waals surface area (Å²) in [7, 11) is -5.11. The molecule has 0 aromatic heterocycles.